The van der Waals surface area contributed by atoms with Gasteiger partial charge in [0.1, 0.15) is 17.3 Å². The van der Waals surface area contributed by atoms with Gasteiger partial charge < -0.3 is 4.90 Å². The van der Waals surface area contributed by atoms with Crippen LogP contribution in [0.15, 0.2) is 17.8 Å². The quantitative estimate of drug-likeness (QED) is 0.476. The maximum Gasteiger partial charge on any atom is 0.152 e. The van der Waals surface area contributed by atoms with Crippen molar-refractivity contribution in [2.45, 2.75) is 45.4 Å². The van der Waals surface area contributed by atoms with Crippen molar-refractivity contribution in [3.05, 3.63) is 34.1 Å². The lowest BCUT2D eigenvalue weighted by molar-refractivity contribution is 0.614. The molecule has 119 valence electrons. The molecular formula is C16H22ClN4S. The van der Waals surface area contributed by atoms with E-state index in [1.807, 2.05) is 11.4 Å². The summed E-state index contributed by atoms with van der Waals surface area (Å²) in [6.07, 6.45) is 8.74. The van der Waals surface area contributed by atoms with Gasteiger partial charge in [-0.25, -0.2) is 15.0 Å². The highest BCUT2D eigenvalue weighted by atomic mass is 35.5. The van der Waals surface area contributed by atoms with Crippen LogP contribution in [0.2, 0.25) is 5.15 Å². The van der Waals surface area contributed by atoms with E-state index in [9.17, 15) is 0 Å². The molecule has 0 aliphatic carbocycles. The van der Waals surface area contributed by atoms with E-state index in [0.29, 0.717) is 5.15 Å². The van der Waals surface area contributed by atoms with Gasteiger partial charge in [0, 0.05) is 31.0 Å². The summed E-state index contributed by atoms with van der Waals surface area (Å²) in [5, 5.41) is 2.54. The summed E-state index contributed by atoms with van der Waals surface area (Å²) in [4.78, 5) is 14.8. The molecule has 22 heavy (non-hydrogen) atoms. The maximum absolute atomic E-state index is 6.00. The third-order valence-corrected chi connectivity index (χ3v) is 4.34. The highest BCUT2D eigenvalue weighted by Gasteiger charge is 2.09. The number of thiazole rings is 1. The number of hydrogen-bond acceptors (Lipinski definition) is 5. The first-order valence-electron chi connectivity index (χ1n) is 7.82. The van der Waals surface area contributed by atoms with E-state index < -0.39 is 0 Å². The number of rotatable bonds is 10. The van der Waals surface area contributed by atoms with Crippen LogP contribution in [0.3, 0.4) is 0 Å². The first-order valence-corrected chi connectivity index (χ1v) is 9.08. The molecule has 0 N–H and O–H groups in total. The lowest BCUT2D eigenvalue weighted by atomic mass is 10.1. The second-order valence-electron chi connectivity index (χ2n) is 5.28. The number of unbranched alkanes of at least 4 members (excludes halogenated alkanes) is 4. The highest BCUT2D eigenvalue weighted by Crippen LogP contribution is 2.16. The van der Waals surface area contributed by atoms with Crippen molar-refractivity contribution >= 4 is 28.8 Å². The molecule has 1 radical (unpaired) electrons. The third-order valence-electron chi connectivity index (χ3n) is 3.55. The van der Waals surface area contributed by atoms with E-state index >= 15 is 0 Å². The fourth-order valence-electron chi connectivity index (χ4n) is 2.31. The standard InChI is InChI=1S/C16H22ClN4S/c1-2-3-4-5-6-8-21(9-7-14-11-22-13-20-14)16-10-15(17)18-12-19-16/h10-12H,2-9H2,1H3. The Morgan fingerprint density at radius 1 is 1.18 bits per heavy atom. The van der Waals surface area contributed by atoms with Gasteiger partial charge in [0.25, 0.3) is 0 Å². The van der Waals surface area contributed by atoms with Crippen molar-refractivity contribution in [2.75, 3.05) is 18.0 Å². The van der Waals surface area contributed by atoms with Crippen molar-refractivity contribution in [1.29, 1.82) is 0 Å². The zero-order valence-corrected chi connectivity index (χ0v) is 14.5. The third kappa shape index (κ3) is 5.89. The summed E-state index contributed by atoms with van der Waals surface area (Å²) in [5.41, 5.74) is 3.98. The Morgan fingerprint density at radius 3 is 2.77 bits per heavy atom. The van der Waals surface area contributed by atoms with Crippen LogP contribution in [-0.4, -0.2) is 28.0 Å². The monoisotopic (exact) mass is 337 g/mol. The molecule has 6 heteroatoms. The first-order chi connectivity index (χ1) is 10.8. The lowest BCUT2D eigenvalue weighted by Crippen LogP contribution is -2.28. The molecule has 0 aromatic carbocycles. The Labute approximate surface area is 141 Å². The van der Waals surface area contributed by atoms with Crippen LogP contribution in [-0.2, 0) is 6.42 Å². The highest BCUT2D eigenvalue weighted by molar-refractivity contribution is 7.07. The molecule has 2 aromatic heterocycles. The minimum Gasteiger partial charge on any atom is -0.356 e. The van der Waals surface area contributed by atoms with Crippen LogP contribution in [0.1, 0.15) is 44.7 Å². The predicted octanol–water partition coefficient (Wildman–Crippen LogP) is 4.41. The Balaban J connectivity index is 1.91. The molecule has 0 bridgehead atoms. The Morgan fingerprint density at radius 2 is 2.05 bits per heavy atom. The fraction of sp³-hybridized carbons (Fsp3) is 0.562. The zero-order chi connectivity index (χ0) is 15.6. The summed E-state index contributed by atoms with van der Waals surface area (Å²) < 4.78 is 0. The van der Waals surface area contributed by atoms with Gasteiger partial charge in [-0.1, -0.05) is 44.2 Å². The molecule has 0 aliphatic rings. The largest absolute Gasteiger partial charge is 0.356 e. The van der Waals surface area contributed by atoms with Crippen molar-refractivity contribution < 1.29 is 0 Å². The Bertz CT molecular complexity index is 533. The van der Waals surface area contributed by atoms with Crippen LogP contribution in [0, 0.1) is 5.51 Å². The fourth-order valence-corrected chi connectivity index (χ4v) is 2.98. The van der Waals surface area contributed by atoms with Gasteiger partial charge in [-0.05, 0) is 6.42 Å². The van der Waals surface area contributed by atoms with E-state index in [-0.39, 0.29) is 0 Å². The lowest BCUT2D eigenvalue weighted by Gasteiger charge is -2.23. The first kappa shape index (κ1) is 17.2. The summed E-state index contributed by atoms with van der Waals surface area (Å²) >= 11 is 7.51. The molecule has 0 atom stereocenters. The summed E-state index contributed by atoms with van der Waals surface area (Å²) in [7, 11) is 0. The number of hydrogen-bond donors (Lipinski definition) is 0. The summed E-state index contributed by atoms with van der Waals surface area (Å²) in [6, 6.07) is 1.83. The van der Waals surface area contributed by atoms with E-state index in [1.54, 1.807) is 0 Å². The van der Waals surface area contributed by atoms with Crippen LogP contribution in [0.4, 0.5) is 5.82 Å². The summed E-state index contributed by atoms with van der Waals surface area (Å²) in [6.45, 7) is 4.11. The van der Waals surface area contributed by atoms with Gasteiger partial charge in [-0.3, -0.25) is 0 Å². The Hall–Kier alpha value is -1.20. The normalized spacial score (nSPS) is 10.8. The van der Waals surface area contributed by atoms with Crippen molar-refractivity contribution in [2.24, 2.45) is 0 Å². The van der Waals surface area contributed by atoms with Crippen LogP contribution < -0.4 is 4.90 Å². The van der Waals surface area contributed by atoms with E-state index in [2.05, 4.69) is 32.3 Å². The molecule has 2 heterocycles. The molecule has 0 saturated carbocycles. The summed E-state index contributed by atoms with van der Waals surface area (Å²) in [5.74, 6) is 0.898. The van der Waals surface area contributed by atoms with Crippen molar-refractivity contribution in [3.63, 3.8) is 0 Å². The van der Waals surface area contributed by atoms with Crippen LogP contribution in [0.25, 0.3) is 0 Å². The van der Waals surface area contributed by atoms with Gasteiger partial charge >= 0.3 is 0 Å². The molecule has 0 fully saturated rings. The molecule has 2 rings (SSSR count). The molecular weight excluding hydrogens is 316 g/mol. The topological polar surface area (TPSA) is 41.9 Å². The van der Waals surface area contributed by atoms with Crippen LogP contribution >= 0.6 is 22.9 Å². The van der Waals surface area contributed by atoms with E-state index in [0.717, 1.165) is 31.0 Å². The average molecular weight is 338 g/mol. The molecule has 0 amide bonds. The maximum atomic E-state index is 6.00. The number of aromatic nitrogens is 3. The molecule has 0 aliphatic heterocycles. The number of halogens is 1. The van der Waals surface area contributed by atoms with Gasteiger partial charge in [0.05, 0.1) is 5.69 Å². The van der Waals surface area contributed by atoms with Gasteiger partial charge in [-0.15, -0.1) is 11.3 Å². The Kier molecular flexibility index (Phi) is 7.60. The van der Waals surface area contributed by atoms with Crippen molar-refractivity contribution in [1.82, 2.24) is 15.0 Å². The van der Waals surface area contributed by atoms with E-state index in [4.69, 9.17) is 11.6 Å². The zero-order valence-electron chi connectivity index (χ0n) is 13.0. The molecule has 0 saturated heterocycles. The van der Waals surface area contributed by atoms with E-state index in [1.165, 1.54) is 49.8 Å². The SMILES string of the molecule is CCCCCCCN(CCc1cs[c]n1)c1cc(Cl)ncn1. The number of anilines is 1. The molecule has 0 unspecified atom stereocenters. The minimum absolute atomic E-state index is 0.489. The predicted molar refractivity (Wildman–Crippen MR) is 92.7 cm³/mol. The second-order valence-corrected chi connectivity index (χ2v) is 6.32. The minimum atomic E-state index is 0.489. The second kappa shape index (κ2) is 9.74. The number of nitrogens with zero attached hydrogens (tertiary/aromatic N) is 4. The van der Waals surface area contributed by atoms with Gasteiger partial charge in [-0.2, -0.15) is 0 Å². The average Bonchev–Trinajstić information content (AvgIpc) is 3.03. The van der Waals surface area contributed by atoms with Gasteiger partial charge in [0.15, 0.2) is 5.51 Å². The van der Waals surface area contributed by atoms with Crippen LogP contribution in [0.5, 0.6) is 0 Å². The van der Waals surface area contributed by atoms with Crippen molar-refractivity contribution in [3.8, 4) is 0 Å². The molecule has 2 aromatic rings. The smallest absolute Gasteiger partial charge is 0.152 e. The molecule has 4 nitrogen and oxygen atoms in total. The molecule has 0 spiro atoms. The van der Waals surface area contributed by atoms with Gasteiger partial charge in [0.2, 0.25) is 0 Å².